The molecule has 1 aromatic heterocycles. The summed E-state index contributed by atoms with van der Waals surface area (Å²) in [7, 11) is 1.56. The van der Waals surface area contributed by atoms with Gasteiger partial charge in [-0.05, 0) is 0 Å². The van der Waals surface area contributed by atoms with Gasteiger partial charge in [0, 0.05) is 24.3 Å². The van der Waals surface area contributed by atoms with Gasteiger partial charge in [0.2, 0.25) is 0 Å². The first kappa shape index (κ1) is 9.80. The molecule has 0 fully saturated rings. The van der Waals surface area contributed by atoms with Crippen molar-refractivity contribution in [2.75, 3.05) is 0 Å². The van der Waals surface area contributed by atoms with Gasteiger partial charge in [0.25, 0.3) is 5.56 Å². The van der Waals surface area contributed by atoms with Crippen LogP contribution in [0.3, 0.4) is 0 Å². The molecule has 0 atom stereocenters. The summed E-state index contributed by atoms with van der Waals surface area (Å²) < 4.78 is 2.33. The fourth-order valence-corrected chi connectivity index (χ4v) is 1.05. The Hall–Kier alpha value is -1.29. The minimum Gasteiger partial charge on any atom is -0.303 e. The maximum Gasteiger partial charge on any atom is 0.331 e. The monoisotopic (exact) mass is 200 g/mol. The molecule has 1 rings (SSSR count). The summed E-state index contributed by atoms with van der Waals surface area (Å²) in [6, 6.07) is 1.31. The van der Waals surface area contributed by atoms with Crippen LogP contribution in [0.2, 0.25) is 0 Å². The van der Waals surface area contributed by atoms with Gasteiger partial charge in [-0.1, -0.05) is 18.2 Å². The molecule has 1 heterocycles. The van der Waals surface area contributed by atoms with Crippen molar-refractivity contribution in [2.24, 2.45) is 7.05 Å². The second kappa shape index (κ2) is 3.62. The van der Waals surface area contributed by atoms with Gasteiger partial charge in [0.1, 0.15) is 0 Å². The second-order valence-corrected chi connectivity index (χ2v) is 3.19. The molecule has 0 radical (unpaired) electrons. The van der Waals surface area contributed by atoms with E-state index >= 15 is 0 Å². The molecule has 0 bridgehead atoms. The predicted molar refractivity (Wildman–Crippen MR) is 50.9 cm³/mol. The Balaban J connectivity index is 3.35. The highest BCUT2D eigenvalue weighted by Crippen LogP contribution is 1.96. The second-order valence-electron chi connectivity index (χ2n) is 2.65. The van der Waals surface area contributed by atoms with Gasteiger partial charge in [-0.15, -0.1) is 0 Å². The molecule has 5 heteroatoms. The largest absolute Gasteiger partial charge is 0.331 e. The van der Waals surface area contributed by atoms with Crippen molar-refractivity contribution in [2.45, 2.75) is 6.54 Å². The van der Waals surface area contributed by atoms with Crippen LogP contribution in [0, 0.1) is 0 Å². The molecule has 0 amide bonds. The Labute approximate surface area is 79.7 Å². The number of aromatic nitrogens is 2. The Morgan fingerprint density at radius 2 is 2.23 bits per heavy atom. The lowest BCUT2D eigenvalue weighted by molar-refractivity contribution is 0.645. The predicted octanol–water partition coefficient (Wildman–Crippen LogP) is 0.299. The van der Waals surface area contributed by atoms with Gasteiger partial charge in [-0.25, -0.2) is 4.79 Å². The van der Waals surface area contributed by atoms with E-state index in [9.17, 15) is 9.59 Å². The van der Waals surface area contributed by atoms with Crippen molar-refractivity contribution in [1.29, 1.82) is 0 Å². The van der Waals surface area contributed by atoms with Crippen LogP contribution in [-0.4, -0.2) is 9.13 Å². The van der Waals surface area contributed by atoms with Crippen LogP contribution in [-0.2, 0) is 13.6 Å². The Kier molecular flexibility index (Phi) is 2.72. The zero-order chi connectivity index (χ0) is 10.0. The topological polar surface area (TPSA) is 44.0 Å². The van der Waals surface area contributed by atoms with Crippen LogP contribution in [0.1, 0.15) is 0 Å². The Morgan fingerprint density at radius 3 is 2.77 bits per heavy atom. The first-order valence-corrected chi connectivity index (χ1v) is 4.00. The van der Waals surface area contributed by atoms with Crippen LogP contribution >= 0.6 is 11.6 Å². The zero-order valence-electron chi connectivity index (χ0n) is 7.16. The molecule has 70 valence electrons. The first-order chi connectivity index (χ1) is 6.02. The summed E-state index contributed by atoms with van der Waals surface area (Å²) in [6.45, 7) is 3.47. The maximum absolute atomic E-state index is 11.4. The van der Waals surface area contributed by atoms with Crippen LogP contribution in [0.5, 0.6) is 0 Å². The smallest absolute Gasteiger partial charge is 0.303 e. The van der Waals surface area contributed by atoms with E-state index in [0.717, 1.165) is 4.57 Å². The number of hydrogen-bond acceptors (Lipinski definition) is 2. The van der Waals surface area contributed by atoms with E-state index in [4.69, 9.17) is 11.6 Å². The Morgan fingerprint density at radius 1 is 1.62 bits per heavy atom. The molecule has 0 aliphatic rings. The summed E-state index contributed by atoms with van der Waals surface area (Å²) in [5.41, 5.74) is -0.765. The van der Waals surface area contributed by atoms with Crippen LogP contribution in [0.25, 0.3) is 0 Å². The SMILES string of the molecule is C=C(Cl)Cn1c(=O)ccn(C)c1=O. The lowest BCUT2D eigenvalue weighted by Crippen LogP contribution is -2.37. The van der Waals surface area contributed by atoms with Gasteiger partial charge < -0.3 is 4.57 Å². The Bertz CT molecular complexity index is 444. The molecular formula is C8H9ClN2O2. The van der Waals surface area contributed by atoms with Gasteiger partial charge in [0.15, 0.2) is 0 Å². The standard InChI is InChI=1S/C8H9ClN2O2/c1-6(9)5-11-7(12)3-4-10(2)8(11)13/h3-4H,1,5H2,2H3. The van der Waals surface area contributed by atoms with E-state index in [1.807, 2.05) is 0 Å². The number of nitrogens with zero attached hydrogens (tertiary/aromatic N) is 2. The summed E-state index contributed by atoms with van der Waals surface area (Å²) in [5.74, 6) is 0. The summed E-state index contributed by atoms with van der Waals surface area (Å²) in [5, 5.41) is 0.255. The highest BCUT2D eigenvalue weighted by molar-refractivity contribution is 6.29. The molecule has 0 N–H and O–H groups in total. The van der Waals surface area contributed by atoms with E-state index in [1.165, 1.54) is 16.8 Å². The molecule has 4 nitrogen and oxygen atoms in total. The quantitative estimate of drug-likeness (QED) is 0.689. The van der Waals surface area contributed by atoms with Gasteiger partial charge in [-0.2, -0.15) is 0 Å². The third kappa shape index (κ3) is 2.09. The summed E-state index contributed by atoms with van der Waals surface area (Å²) in [6.07, 6.45) is 1.41. The number of hydrogen-bond donors (Lipinski definition) is 0. The van der Waals surface area contributed by atoms with Gasteiger partial charge in [0.05, 0.1) is 6.54 Å². The molecule has 0 saturated carbocycles. The number of allylic oxidation sites excluding steroid dienone is 1. The first-order valence-electron chi connectivity index (χ1n) is 3.62. The molecule has 0 aromatic carbocycles. The number of aryl methyl sites for hydroxylation is 1. The molecule has 13 heavy (non-hydrogen) atoms. The van der Waals surface area contributed by atoms with Gasteiger partial charge in [-0.3, -0.25) is 9.36 Å². The number of rotatable bonds is 2. The maximum atomic E-state index is 11.4. The van der Waals surface area contributed by atoms with E-state index in [0.29, 0.717) is 0 Å². The molecule has 0 spiro atoms. The summed E-state index contributed by atoms with van der Waals surface area (Å²) >= 11 is 5.51. The van der Waals surface area contributed by atoms with E-state index in [2.05, 4.69) is 6.58 Å². The van der Waals surface area contributed by atoms with Crippen molar-refractivity contribution >= 4 is 11.6 Å². The van der Waals surface area contributed by atoms with Crippen LogP contribution in [0.4, 0.5) is 0 Å². The van der Waals surface area contributed by atoms with E-state index in [-0.39, 0.29) is 17.1 Å². The van der Waals surface area contributed by atoms with Crippen molar-refractivity contribution in [3.05, 3.63) is 44.7 Å². The normalized spacial score (nSPS) is 10.0. The van der Waals surface area contributed by atoms with Crippen molar-refractivity contribution in [1.82, 2.24) is 9.13 Å². The van der Waals surface area contributed by atoms with Crippen molar-refractivity contribution in [3.8, 4) is 0 Å². The fraction of sp³-hybridized carbons (Fsp3) is 0.250. The molecule has 1 aromatic rings. The molecule has 0 saturated heterocycles. The minimum atomic E-state index is -0.394. The minimum absolute atomic E-state index is 0.0495. The third-order valence-electron chi connectivity index (χ3n) is 1.57. The summed E-state index contributed by atoms with van der Waals surface area (Å²) in [4.78, 5) is 22.5. The zero-order valence-corrected chi connectivity index (χ0v) is 7.91. The highest BCUT2D eigenvalue weighted by atomic mass is 35.5. The lowest BCUT2D eigenvalue weighted by Gasteiger charge is -2.03. The van der Waals surface area contributed by atoms with Crippen molar-refractivity contribution < 1.29 is 0 Å². The average molecular weight is 201 g/mol. The molecular weight excluding hydrogens is 192 g/mol. The van der Waals surface area contributed by atoms with E-state index in [1.54, 1.807) is 7.05 Å². The fourth-order valence-electron chi connectivity index (χ4n) is 0.931. The van der Waals surface area contributed by atoms with Crippen LogP contribution < -0.4 is 11.2 Å². The molecule has 0 aliphatic heterocycles. The van der Waals surface area contributed by atoms with E-state index < -0.39 is 5.69 Å². The average Bonchev–Trinajstić information content (AvgIpc) is 2.05. The van der Waals surface area contributed by atoms with Gasteiger partial charge >= 0.3 is 5.69 Å². The number of halogens is 1. The highest BCUT2D eigenvalue weighted by Gasteiger charge is 2.02. The molecule has 0 unspecified atom stereocenters. The lowest BCUT2D eigenvalue weighted by atomic mass is 10.5. The molecule has 0 aliphatic carbocycles. The van der Waals surface area contributed by atoms with Crippen LogP contribution in [0.15, 0.2) is 33.5 Å². The third-order valence-corrected chi connectivity index (χ3v) is 1.69. The van der Waals surface area contributed by atoms with Crippen molar-refractivity contribution in [3.63, 3.8) is 0 Å².